The maximum Gasteiger partial charge on any atom is 0.215 e. The molecule has 4 nitrogen and oxygen atoms in total. The van der Waals surface area contributed by atoms with Gasteiger partial charge in [0.15, 0.2) is 0 Å². The standard InChI is InChI=1S/C16H21N3O/c1-16(2,3)19-14-8-6-9-15(18-14)20-12-10-13-7-4-5-11-17-13/h4-9,11H,10,12H2,1-3H3,(H,18,19). The summed E-state index contributed by atoms with van der Waals surface area (Å²) < 4.78 is 5.67. The molecule has 0 bridgehead atoms. The van der Waals surface area contributed by atoms with Crippen molar-refractivity contribution < 1.29 is 4.74 Å². The molecule has 20 heavy (non-hydrogen) atoms. The Morgan fingerprint density at radius 1 is 1.10 bits per heavy atom. The average molecular weight is 271 g/mol. The predicted molar refractivity (Wildman–Crippen MR) is 81.0 cm³/mol. The fourth-order valence-corrected chi connectivity index (χ4v) is 1.76. The number of aromatic nitrogens is 2. The van der Waals surface area contributed by atoms with Crippen LogP contribution in [0.25, 0.3) is 0 Å². The highest BCUT2D eigenvalue weighted by molar-refractivity contribution is 5.39. The molecule has 1 N–H and O–H groups in total. The third kappa shape index (κ3) is 4.88. The molecule has 2 heterocycles. The Bertz CT molecular complexity index is 535. The van der Waals surface area contributed by atoms with Crippen molar-refractivity contribution in [3.63, 3.8) is 0 Å². The van der Waals surface area contributed by atoms with Gasteiger partial charge in [0.25, 0.3) is 0 Å². The molecule has 4 heteroatoms. The summed E-state index contributed by atoms with van der Waals surface area (Å²) in [6.07, 6.45) is 2.57. The third-order valence-electron chi connectivity index (χ3n) is 2.56. The Labute approximate surface area is 120 Å². The molecule has 2 rings (SSSR count). The summed E-state index contributed by atoms with van der Waals surface area (Å²) in [6, 6.07) is 11.6. The quantitative estimate of drug-likeness (QED) is 0.906. The number of nitrogens with one attached hydrogen (secondary N) is 1. The van der Waals surface area contributed by atoms with Crippen molar-refractivity contribution in [1.82, 2.24) is 9.97 Å². The molecule has 0 saturated heterocycles. The first-order valence-electron chi connectivity index (χ1n) is 6.81. The fraction of sp³-hybridized carbons (Fsp3) is 0.375. The second-order valence-electron chi connectivity index (χ2n) is 5.66. The SMILES string of the molecule is CC(C)(C)Nc1cccc(OCCc2ccccn2)n1. The van der Waals surface area contributed by atoms with Gasteiger partial charge in [0.05, 0.1) is 6.61 Å². The first-order chi connectivity index (χ1) is 9.53. The summed E-state index contributed by atoms with van der Waals surface area (Å²) >= 11 is 0. The molecule has 0 atom stereocenters. The van der Waals surface area contributed by atoms with E-state index in [2.05, 4.69) is 36.1 Å². The van der Waals surface area contributed by atoms with Crippen molar-refractivity contribution >= 4 is 5.82 Å². The van der Waals surface area contributed by atoms with Crippen molar-refractivity contribution in [2.75, 3.05) is 11.9 Å². The van der Waals surface area contributed by atoms with Crippen molar-refractivity contribution in [2.45, 2.75) is 32.7 Å². The average Bonchev–Trinajstić information content (AvgIpc) is 2.38. The summed E-state index contributed by atoms with van der Waals surface area (Å²) in [5.74, 6) is 1.46. The molecule has 0 aliphatic heterocycles. The molecular formula is C16H21N3O. The zero-order chi connectivity index (χ0) is 14.4. The van der Waals surface area contributed by atoms with Crippen LogP contribution in [0, 0.1) is 0 Å². The maximum absolute atomic E-state index is 5.67. The van der Waals surface area contributed by atoms with E-state index in [-0.39, 0.29) is 5.54 Å². The Morgan fingerprint density at radius 3 is 2.65 bits per heavy atom. The minimum Gasteiger partial charge on any atom is -0.477 e. The van der Waals surface area contributed by atoms with Crippen molar-refractivity contribution in [1.29, 1.82) is 0 Å². The summed E-state index contributed by atoms with van der Waals surface area (Å²) in [4.78, 5) is 8.70. The van der Waals surface area contributed by atoms with Crippen LogP contribution in [0.2, 0.25) is 0 Å². The van der Waals surface area contributed by atoms with Crippen LogP contribution in [0.5, 0.6) is 5.88 Å². The van der Waals surface area contributed by atoms with Gasteiger partial charge in [-0.05, 0) is 39.0 Å². The van der Waals surface area contributed by atoms with Gasteiger partial charge in [-0.3, -0.25) is 4.98 Å². The first-order valence-corrected chi connectivity index (χ1v) is 6.81. The van der Waals surface area contributed by atoms with Gasteiger partial charge < -0.3 is 10.1 Å². The van der Waals surface area contributed by atoms with Gasteiger partial charge >= 0.3 is 0 Å². The monoisotopic (exact) mass is 271 g/mol. The summed E-state index contributed by atoms with van der Waals surface area (Å²) in [5.41, 5.74) is 1.01. The molecule has 0 aliphatic carbocycles. The Kier molecular flexibility index (Phi) is 4.56. The minimum atomic E-state index is -0.0143. The lowest BCUT2D eigenvalue weighted by Gasteiger charge is -2.21. The van der Waals surface area contributed by atoms with Crippen LogP contribution in [0.1, 0.15) is 26.5 Å². The molecule has 2 aromatic heterocycles. The third-order valence-corrected chi connectivity index (χ3v) is 2.56. The van der Waals surface area contributed by atoms with Gasteiger partial charge in [-0.15, -0.1) is 0 Å². The molecule has 0 aliphatic rings. The normalized spacial score (nSPS) is 11.2. The fourth-order valence-electron chi connectivity index (χ4n) is 1.76. The van der Waals surface area contributed by atoms with E-state index in [1.807, 2.05) is 36.4 Å². The van der Waals surface area contributed by atoms with Crippen LogP contribution in [0.3, 0.4) is 0 Å². The zero-order valence-electron chi connectivity index (χ0n) is 12.3. The van der Waals surface area contributed by atoms with Crippen LogP contribution in [0.15, 0.2) is 42.6 Å². The lowest BCUT2D eigenvalue weighted by molar-refractivity contribution is 0.308. The Hall–Kier alpha value is -2.10. The van der Waals surface area contributed by atoms with Gasteiger partial charge in [-0.1, -0.05) is 12.1 Å². The Morgan fingerprint density at radius 2 is 1.95 bits per heavy atom. The second kappa shape index (κ2) is 6.37. The lowest BCUT2D eigenvalue weighted by atomic mass is 10.1. The lowest BCUT2D eigenvalue weighted by Crippen LogP contribution is -2.26. The molecule has 0 fully saturated rings. The van der Waals surface area contributed by atoms with E-state index in [1.165, 1.54) is 0 Å². The van der Waals surface area contributed by atoms with Crippen LogP contribution in [-0.4, -0.2) is 22.1 Å². The number of ether oxygens (including phenoxy) is 1. The van der Waals surface area contributed by atoms with Crippen LogP contribution >= 0.6 is 0 Å². The summed E-state index contributed by atoms with van der Waals surface area (Å²) in [6.45, 7) is 6.87. The highest BCUT2D eigenvalue weighted by atomic mass is 16.5. The zero-order valence-corrected chi connectivity index (χ0v) is 12.3. The van der Waals surface area contributed by atoms with Gasteiger partial charge in [-0.2, -0.15) is 4.98 Å². The minimum absolute atomic E-state index is 0.0143. The van der Waals surface area contributed by atoms with E-state index in [1.54, 1.807) is 6.20 Å². The molecule has 0 spiro atoms. The predicted octanol–water partition coefficient (Wildman–Crippen LogP) is 3.31. The van der Waals surface area contributed by atoms with Crippen molar-refractivity contribution in [3.05, 3.63) is 48.3 Å². The maximum atomic E-state index is 5.67. The number of hydrogen-bond acceptors (Lipinski definition) is 4. The van der Waals surface area contributed by atoms with Gasteiger partial charge in [0.2, 0.25) is 5.88 Å². The number of pyridine rings is 2. The molecule has 0 aromatic carbocycles. The smallest absolute Gasteiger partial charge is 0.215 e. The van der Waals surface area contributed by atoms with E-state index in [9.17, 15) is 0 Å². The molecule has 0 radical (unpaired) electrons. The number of anilines is 1. The van der Waals surface area contributed by atoms with Crippen LogP contribution < -0.4 is 10.1 Å². The highest BCUT2D eigenvalue weighted by Crippen LogP contribution is 2.16. The van der Waals surface area contributed by atoms with E-state index < -0.39 is 0 Å². The first kappa shape index (κ1) is 14.3. The van der Waals surface area contributed by atoms with E-state index in [4.69, 9.17) is 4.74 Å². The van der Waals surface area contributed by atoms with E-state index in [0.29, 0.717) is 12.5 Å². The number of nitrogens with zero attached hydrogens (tertiary/aromatic N) is 2. The molecule has 0 saturated carbocycles. The molecule has 0 unspecified atom stereocenters. The summed E-state index contributed by atoms with van der Waals surface area (Å²) in [7, 11) is 0. The molecular weight excluding hydrogens is 250 g/mol. The Balaban J connectivity index is 1.88. The largest absolute Gasteiger partial charge is 0.477 e. The summed E-state index contributed by atoms with van der Waals surface area (Å²) in [5, 5.41) is 3.33. The second-order valence-corrected chi connectivity index (χ2v) is 5.66. The van der Waals surface area contributed by atoms with Crippen molar-refractivity contribution in [2.24, 2.45) is 0 Å². The van der Waals surface area contributed by atoms with Gasteiger partial charge in [0.1, 0.15) is 5.82 Å². The van der Waals surface area contributed by atoms with Crippen LogP contribution in [-0.2, 0) is 6.42 Å². The van der Waals surface area contributed by atoms with E-state index in [0.717, 1.165) is 17.9 Å². The molecule has 2 aromatic rings. The van der Waals surface area contributed by atoms with Gasteiger partial charge in [0, 0.05) is 29.9 Å². The topological polar surface area (TPSA) is 47.0 Å². The van der Waals surface area contributed by atoms with Crippen LogP contribution in [0.4, 0.5) is 5.82 Å². The van der Waals surface area contributed by atoms with E-state index >= 15 is 0 Å². The molecule has 106 valence electrons. The van der Waals surface area contributed by atoms with Gasteiger partial charge in [-0.25, -0.2) is 0 Å². The molecule has 0 amide bonds. The highest BCUT2D eigenvalue weighted by Gasteiger charge is 2.10. The number of hydrogen-bond donors (Lipinski definition) is 1. The number of rotatable bonds is 5. The van der Waals surface area contributed by atoms with Crippen molar-refractivity contribution in [3.8, 4) is 5.88 Å².